The van der Waals surface area contributed by atoms with Crippen molar-refractivity contribution in [2.24, 2.45) is 0 Å². The number of hydrogen-bond donors (Lipinski definition) is 0. The first-order chi connectivity index (χ1) is 4.72. The van der Waals surface area contributed by atoms with Gasteiger partial charge in [-0.3, -0.25) is 4.79 Å². The highest BCUT2D eigenvalue weighted by Gasteiger charge is 2.03. The maximum absolute atomic E-state index is 12.6. The maximum Gasteiger partial charge on any atom is 0.162 e. The van der Waals surface area contributed by atoms with Gasteiger partial charge in [0.2, 0.25) is 0 Å². The molecule has 0 saturated carbocycles. The standard InChI is InChI=1S/C8H6FO/c1-6(10)7-4-2-3-5-8(7)9/h3-5H,1H3. The molecule has 51 valence electrons. The lowest BCUT2D eigenvalue weighted by Gasteiger charge is -1.93. The molecular formula is C8H6FO. The van der Waals surface area contributed by atoms with Crippen LogP contribution in [0.2, 0.25) is 0 Å². The van der Waals surface area contributed by atoms with Gasteiger partial charge in [0.25, 0.3) is 0 Å². The van der Waals surface area contributed by atoms with Crippen LogP contribution in [-0.4, -0.2) is 5.78 Å². The van der Waals surface area contributed by atoms with Gasteiger partial charge in [-0.15, -0.1) is 0 Å². The van der Waals surface area contributed by atoms with E-state index in [1.54, 1.807) is 0 Å². The van der Waals surface area contributed by atoms with Crippen molar-refractivity contribution in [1.82, 2.24) is 0 Å². The predicted molar refractivity (Wildman–Crippen MR) is 35.2 cm³/mol. The minimum absolute atomic E-state index is 0.0995. The van der Waals surface area contributed by atoms with E-state index in [-0.39, 0.29) is 11.3 Å². The van der Waals surface area contributed by atoms with E-state index >= 15 is 0 Å². The van der Waals surface area contributed by atoms with E-state index < -0.39 is 5.82 Å². The van der Waals surface area contributed by atoms with Crippen molar-refractivity contribution in [1.29, 1.82) is 0 Å². The number of hydrogen-bond acceptors (Lipinski definition) is 1. The molecule has 0 aromatic heterocycles. The van der Waals surface area contributed by atoms with Crippen molar-refractivity contribution >= 4 is 5.78 Å². The number of carbonyl (C=O) groups excluding carboxylic acids is 1. The second-order valence-corrected chi connectivity index (χ2v) is 1.96. The summed E-state index contributed by atoms with van der Waals surface area (Å²) in [6.07, 6.45) is 0. The molecular weight excluding hydrogens is 131 g/mol. The number of rotatable bonds is 1. The normalized spacial score (nSPS) is 9.40. The summed E-state index contributed by atoms with van der Waals surface area (Å²) in [7, 11) is 0. The van der Waals surface area contributed by atoms with Crippen LogP contribution in [0.25, 0.3) is 0 Å². The highest BCUT2D eigenvalue weighted by Crippen LogP contribution is 2.05. The zero-order valence-corrected chi connectivity index (χ0v) is 5.52. The molecule has 0 fully saturated rings. The van der Waals surface area contributed by atoms with Crippen LogP contribution < -0.4 is 0 Å². The molecule has 0 heterocycles. The van der Waals surface area contributed by atoms with Gasteiger partial charge < -0.3 is 0 Å². The van der Waals surface area contributed by atoms with Gasteiger partial charge in [-0.2, -0.15) is 0 Å². The fraction of sp³-hybridized carbons (Fsp3) is 0.125. The van der Waals surface area contributed by atoms with Crippen LogP contribution in [0.3, 0.4) is 0 Å². The number of benzene rings is 1. The average Bonchev–Trinajstić information content (AvgIpc) is 1.88. The van der Waals surface area contributed by atoms with Gasteiger partial charge in [0.1, 0.15) is 5.82 Å². The molecule has 2 heteroatoms. The molecule has 0 saturated heterocycles. The second kappa shape index (κ2) is 2.60. The molecule has 0 unspecified atom stereocenters. The lowest BCUT2D eigenvalue weighted by atomic mass is 10.1. The van der Waals surface area contributed by atoms with Crippen LogP contribution in [-0.2, 0) is 0 Å². The Balaban J connectivity index is 3.15. The van der Waals surface area contributed by atoms with Gasteiger partial charge in [-0.1, -0.05) is 6.07 Å². The van der Waals surface area contributed by atoms with E-state index in [2.05, 4.69) is 6.07 Å². The molecule has 1 aromatic rings. The number of carbonyl (C=O) groups is 1. The molecule has 1 radical (unpaired) electrons. The van der Waals surface area contributed by atoms with E-state index in [1.165, 1.54) is 25.1 Å². The highest BCUT2D eigenvalue weighted by atomic mass is 19.1. The number of Topliss-reactive ketones (excluding diaryl/α,β-unsaturated/α-hetero) is 1. The molecule has 0 aliphatic heterocycles. The van der Waals surface area contributed by atoms with Crippen LogP contribution in [0, 0.1) is 11.9 Å². The predicted octanol–water partition coefficient (Wildman–Crippen LogP) is 1.83. The lowest BCUT2D eigenvalue weighted by Crippen LogP contribution is -1.95. The molecule has 1 nitrogen and oxygen atoms in total. The first kappa shape index (κ1) is 6.93. The smallest absolute Gasteiger partial charge is 0.162 e. The van der Waals surface area contributed by atoms with Crippen LogP contribution in [0.1, 0.15) is 17.3 Å². The molecule has 1 rings (SSSR count). The average molecular weight is 137 g/mol. The lowest BCUT2D eigenvalue weighted by molar-refractivity contribution is 0.101. The summed E-state index contributed by atoms with van der Waals surface area (Å²) < 4.78 is 12.6. The van der Waals surface area contributed by atoms with Crippen LogP contribution in [0.4, 0.5) is 4.39 Å². The number of ketones is 1. The van der Waals surface area contributed by atoms with Gasteiger partial charge >= 0.3 is 0 Å². The van der Waals surface area contributed by atoms with Gasteiger partial charge in [0.05, 0.1) is 5.56 Å². The first-order valence-corrected chi connectivity index (χ1v) is 2.88. The Morgan fingerprint density at radius 3 is 2.80 bits per heavy atom. The molecule has 0 amide bonds. The maximum atomic E-state index is 12.6. The molecule has 0 bridgehead atoms. The molecule has 0 N–H and O–H groups in total. The third-order valence-corrected chi connectivity index (χ3v) is 1.19. The van der Waals surface area contributed by atoms with E-state index in [0.717, 1.165) is 0 Å². The largest absolute Gasteiger partial charge is 0.294 e. The third-order valence-electron chi connectivity index (χ3n) is 1.19. The molecule has 1 aromatic carbocycles. The Labute approximate surface area is 58.5 Å². The molecule has 0 aliphatic carbocycles. The summed E-state index contributed by atoms with van der Waals surface area (Å²) in [6, 6.07) is 6.62. The number of halogens is 1. The molecule has 0 spiro atoms. The summed E-state index contributed by atoms with van der Waals surface area (Å²) in [5.74, 6) is -0.749. The first-order valence-electron chi connectivity index (χ1n) is 2.88. The van der Waals surface area contributed by atoms with Crippen molar-refractivity contribution in [3.63, 3.8) is 0 Å². The summed E-state index contributed by atoms with van der Waals surface area (Å²) in [4.78, 5) is 10.6. The minimum Gasteiger partial charge on any atom is -0.294 e. The second-order valence-electron chi connectivity index (χ2n) is 1.96. The van der Waals surface area contributed by atoms with Crippen molar-refractivity contribution in [2.45, 2.75) is 6.92 Å². The fourth-order valence-corrected chi connectivity index (χ4v) is 0.681. The van der Waals surface area contributed by atoms with Crippen molar-refractivity contribution in [2.75, 3.05) is 0 Å². The van der Waals surface area contributed by atoms with Gasteiger partial charge in [-0.05, 0) is 25.1 Å². The fourth-order valence-electron chi connectivity index (χ4n) is 0.681. The Bertz CT molecular complexity index is 255. The molecule has 0 atom stereocenters. The van der Waals surface area contributed by atoms with Crippen molar-refractivity contribution in [3.8, 4) is 0 Å². The van der Waals surface area contributed by atoms with Gasteiger partial charge in [0.15, 0.2) is 5.78 Å². The Kier molecular flexibility index (Phi) is 1.81. The quantitative estimate of drug-likeness (QED) is 0.539. The van der Waals surface area contributed by atoms with Crippen LogP contribution in [0.15, 0.2) is 18.2 Å². The van der Waals surface area contributed by atoms with Crippen molar-refractivity contribution in [3.05, 3.63) is 35.6 Å². The van der Waals surface area contributed by atoms with E-state index in [4.69, 9.17) is 0 Å². The SMILES string of the molecule is CC(=O)c1c[c]ccc1F. The topological polar surface area (TPSA) is 17.1 Å². The van der Waals surface area contributed by atoms with E-state index in [0.29, 0.717) is 0 Å². The van der Waals surface area contributed by atoms with Crippen LogP contribution in [0.5, 0.6) is 0 Å². The summed E-state index contributed by atoms with van der Waals surface area (Å²) in [5.41, 5.74) is 0.0995. The Hall–Kier alpha value is -1.18. The van der Waals surface area contributed by atoms with Gasteiger partial charge in [0, 0.05) is 0 Å². The summed E-state index contributed by atoms with van der Waals surface area (Å²) in [6.45, 7) is 1.33. The van der Waals surface area contributed by atoms with Crippen LogP contribution >= 0.6 is 0 Å². The minimum atomic E-state index is -0.480. The van der Waals surface area contributed by atoms with E-state index in [1.807, 2.05) is 0 Å². The zero-order chi connectivity index (χ0) is 7.56. The monoisotopic (exact) mass is 137 g/mol. The van der Waals surface area contributed by atoms with Gasteiger partial charge in [-0.25, -0.2) is 4.39 Å². The third kappa shape index (κ3) is 1.21. The van der Waals surface area contributed by atoms with Crippen molar-refractivity contribution < 1.29 is 9.18 Å². The summed E-state index contributed by atoms with van der Waals surface area (Å²) in [5, 5.41) is 0. The van der Waals surface area contributed by atoms with E-state index in [9.17, 15) is 9.18 Å². The summed E-state index contributed by atoms with van der Waals surface area (Å²) >= 11 is 0. The highest BCUT2D eigenvalue weighted by molar-refractivity contribution is 5.94. The molecule has 10 heavy (non-hydrogen) atoms. The molecule has 0 aliphatic rings. The Morgan fingerprint density at radius 2 is 2.40 bits per heavy atom. The Morgan fingerprint density at radius 1 is 1.70 bits per heavy atom. The zero-order valence-electron chi connectivity index (χ0n) is 5.52.